The molecule has 5 heteroatoms. The quantitative estimate of drug-likeness (QED) is 0.280. The lowest BCUT2D eigenvalue weighted by atomic mass is 10.0. The highest BCUT2D eigenvalue weighted by molar-refractivity contribution is 5.83. The lowest BCUT2D eigenvalue weighted by Gasteiger charge is -2.16. The van der Waals surface area contributed by atoms with Crippen LogP contribution in [0.25, 0.3) is 0 Å². The van der Waals surface area contributed by atoms with Crippen LogP contribution in [0.4, 0.5) is 0 Å². The minimum Gasteiger partial charge on any atom is -0.480 e. The highest BCUT2D eigenvalue weighted by Gasteiger charge is 2.20. The SMILES string of the molecule is CCCCCCCCC#CC#CC(O)CCCCC(=O)N[C@@H](CC(C)C)C(=O)O. The van der Waals surface area contributed by atoms with E-state index in [-0.39, 0.29) is 18.2 Å². The second-order valence-electron chi connectivity index (χ2n) is 7.94. The van der Waals surface area contributed by atoms with Gasteiger partial charge in [0.2, 0.25) is 5.91 Å². The Morgan fingerprint density at radius 3 is 2.31 bits per heavy atom. The number of amides is 1. The average Bonchev–Trinajstić information content (AvgIpc) is 2.65. The molecule has 0 bridgehead atoms. The molecule has 0 radical (unpaired) electrons. The first-order valence-electron chi connectivity index (χ1n) is 11.0. The molecule has 0 spiro atoms. The maximum Gasteiger partial charge on any atom is 0.326 e. The molecule has 0 aliphatic heterocycles. The Morgan fingerprint density at radius 2 is 1.66 bits per heavy atom. The van der Waals surface area contributed by atoms with Gasteiger partial charge in [0.05, 0.1) is 0 Å². The number of unbranched alkanes of at least 4 members (excludes halogenated alkanes) is 7. The van der Waals surface area contributed by atoms with E-state index in [2.05, 4.69) is 35.9 Å². The van der Waals surface area contributed by atoms with Crippen LogP contribution in [-0.4, -0.2) is 34.2 Å². The Bertz CT molecular complexity index is 577. The zero-order chi connectivity index (χ0) is 21.9. The summed E-state index contributed by atoms with van der Waals surface area (Å²) in [6.07, 6.45) is 9.93. The van der Waals surface area contributed by atoms with E-state index >= 15 is 0 Å². The van der Waals surface area contributed by atoms with Gasteiger partial charge >= 0.3 is 5.97 Å². The normalized spacial score (nSPS) is 12.3. The van der Waals surface area contributed by atoms with Gasteiger partial charge in [-0.3, -0.25) is 4.79 Å². The summed E-state index contributed by atoms with van der Waals surface area (Å²) < 4.78 is 0. The number of aliphatic hydroxyl groups excluding tert-OH is 1. The highest BCUT2D eigenvalue weighted by Crippen LogP contribution is 2.08. The first-order valence-corrected chi connectivity index (χ1v) is 11.0. The third kappa shape index (κ3) is 17.8. The second kappa shape index (κ2) is 18.1. The van der Waals surface area contributed by atoms with Crippen molar-refractivity contribution in [1.82, 2.24) is 5.32 Å². The van der Waals surface area contributed by atoms with Gasteiger partial charge in [-0.25, -0.2) is 4.79 Å². The van der Waals surface area contributed by atoms with Gasteiger partial charge in [0.25, 0.3) is 0 Å². The highest BCUT2D eigenvalue weighted by atomic mass is 16.4. The van der Waals surface area contributed by atoms with Crippen LogP contribution in [0.2, 0.25) is 0 Å². The first kappa shape index (κ1) is 27.0. The number of hydrogen-bond donors (Lipinski definition) is 3. The first-order chi connectivity index (χ1) is 13.9. The van der Waals surface area contributed by atoms with E-state index in [0.29, 0.717) is 25.7 Å². The van der Waals surface area contributed by atoms with Crippen LogP contribution in [0.3, 0.4) is 0 Å². The smallest absolute Gasteiger partial charge is 0.326 e. The summed E-state index contributed by atoms with van der Waals surface area (Å²) in [6, 6.07) is -0.839. The predicted octanol–water partition coefficient (Wildman–Crippen LogP) is 4.28. The van der Waals surface area contributed by atoms with Crippen LogP contribution >= 0.6 is 0 Å². The van der Waals surface area contributed by atoms with Crippen LogP contribution in [0.5, 0.6) is 0 Å². The molecule has 0 aromatic heterocycles. The molecule has 2 atom stereocenters. The van der Waals surface area contributed by atoms with Crippen LogP contribution in [0, 0.1) is 29.6 Å². The van der Waals surface area contributed by atoms with Crippen molar-refractivity contribution in [2.45, 2.75) is 110 Å². The monoisotopic (exact) mass is 405 g/mol. The van der Waals surface area contributed by atoms with Crippen molar-refractivity contribution in [2.75, 3.05) is 0 Å². The van der Waals surface area contributed by atoms with Gasteiger partial charge in [-0.2, -0.15) is 0 Å². The summed E-state index contributed by atoms with van der Waals surface area (Å²) in [5, 5.41) is 21.5. The van der Waals surface area contributed by atoms with Gasteiger partial charge in [-0.15, -0.1) is 0 Å². The number of carboxylic acids is 1. The molecule has 0 rings (SSSR count). The molecule has 3 N–H and O–H groups in total. The molecule has 0 saturated carbocycles. The van der Waals surface area contributed by atoms with E-state index in [9.17, 15) is 14.7 Å². The van der Waals surface area contributed by atoms with Gasteiger partial charge < -0.3 is 15.5 Å². The number of rotatable bonds is 15. The molecule has 5 nitrogen and oxygen atoms in total. The molecule has 0 aromatic rings. The Hall–Kier alpha value is -1.98. The number of carbonyl (C=O) groups excluding carboxylic acids is 1. The average molecular weight is 406 g/mol. The number of aliphatic carboxylic acids is 1. The topological polar surface area (TPSA) is 86.6 Å². The van der Waals surface area contributed by atoms with Crippen LogP contribution in [0.1, 0.15) is 97.8 Å². The zero-order valence-corrected chi connectivity index (χ0v) is 18.4. The minimum absolute atomic E-state index is 0.194. The van der Waals surface area contributed by atoms with Crippen molar-refractivity contribution in [3.8, 4) is 23.7 Å². The number of carboxylic acid groups (broad SMARTS) is 1. The van der Waals surface area contributed by atoms with Gasteiger partial charge in [-0.1, -0.05) is 64.7 Å². The molecule has 1 unspecified atom stereocenters. The van der Waals surface area contributed by atoms with Crippen molar-refractivity contribution in [3.05, 3.63) is 0 Å². The third-order valence-electron chi connectivity index (χ3n) is 4.52. The van der Waals surface area contributed by atoms with Gasteiger partial charge in [0.15, 0.2) is 0 Å². The fraction of sp³-hybridized carbons (Fsp3) is 0.750. The van der Waals surface area contributed by atoms with Crippen molar-refractivity contribution in [3.63, 3.8) is 0 Å². The van der Waals surface area contributed by atoms with Crippen molar-refractivity contribution >= 4 is 11.9 Å². The van der Waals surface area contributed by atoms with Crippen molar-refractivity contribution in [2.24, 2.45) is 5.92 Å². The molecule has 0 aromatic carbocycles. The van der Waals surface area contributed by atoms with Crippen molar-refractivity contribution < 1.29 is 19.8 Å². The molecule has 0 saturated heterocycles. The van der Waals surface area contributed by atoms with Crippen LogP contribution < -0.4 is 5.32 Å². The number of hydrogen-bond acceptors (Lipinski definition) is 3. The fourth-order valence-electron chi connectivity index (χ4n) is 2.87. The Kier molecular flexibility index (Phi) is 16.8. The molecule has 0 aliphatic rings. The Morgan fingerprint density at radius 1 is 0.966 bits per heavy atom. The van der Waals surface area contributed by atoms with Gasteiger partial charge in [-0.05, 0) is 49.9 Å². The molecule has 29 heavy (non-hydrogen) atoms. The summed E-state index contributed by atoms with van der Waals surface area (Å²) in [4.78, 5) is 23.0. The summed E-state index contributed by atoms with van der Waals surface area (Å²) in [6.45, 7) is 6.05. The number of carbonyl (C=O) groups is 2. The molecular formula is C24H39NO4. The maximum absolute atomic E-state index is 11.9. The molecule has 0 aliphatic carbocycles. The maximum atomic E-state index is 11.9. The summed E-state index contributed by atoms with van der Waals surface area (Å²) in [5.74, 6) is 10.1. The molecule has 0 heterocycles. The molecule has 1 amide bonds. The summed E-state index contributed by atoms with van der Waals surface area (Å²) >= 11 is 0. The van der Waals surface area contributed by atoms with E-state index in [1.807, 2.05) is 13.8 Å². The molecule has 164 valence electrons. The summed E-state index contributed by atoms with van der Waals surface area (Å²) in [7, 11) is 0. The minimum atomic E-state index is -1.00. The van der Waals surface area contributed by atoms with E-state index < -0.39 is 18.1 Å². The number of aliphatic hydroxyl groups is 1. The molecular weight excluding hydrogens is 366 g/mol. The standard InChI is InChI=1S/C24H39NO4/c1-4-5-6-7-8-9-10-11-12-13-16-21(26)17-14-15-18-23(27)25-22(24(28)29)19-20(2)3/h20-22,26H,4-10,14-15,17-19H2,1-3H3,(H,25,27)(H,28,29)/t21?,22-/m0/s1. The third-order valence-corrected chi connectivity index (χ3v) is 4.52. The summed E-state index contributed by atoms with van der Waals surface area (Å²) in [5.41, 5.74) is 0. The number of nitrogens with one attached hydrogen (secondary N) is 1. The van der Waals surface area contributed by atoms with E-state index in [1.54, 1.807) is 0 Å². The van der Waals surface area contributed by atoms with E-state index in [4.69, 9.17) is 5.11 Å². The lowest BCUT2D eigenvalue weighted by Crippen LogP contribution is -2.41. The zero-order valence-electron chi connectivity index (χ0n) is 18.4. The Labute approximate surface area is 177 Å². The Balaban J connectivity index is 3.88. The fourth-order valence-corrected chi connectivity index (χ4v) is 2.87. The lowest BCUT2D eigenvalue weighted by molar-refractivity contribution is -0.142. The van der Waals surface area contributed by atoms with Gasteiger partial charge in [0.1, 0.15) is 12.1 Å². The van der Waals surface area contributed by atoms with E-state index in [0.717, 1.165) is 12.8 Å². The largest absolute Gasteiger partial charge is 0.480 e. The second-order valence-corrected chi connectivity index (χ2v) is 7.94. The van der Waals surface area contributed by atoms with Crippen molar-refractivity contribution in [1.29, 1.82) is 0 Å². The van der Waals surface area contributed by atoms with Gasteiger partial charge in [0, 0.05) is 12.8 Å². The van der Waals surface area contributed by atoms with E-state index in [1.165, 1.54) is 32.1 Å². The van der Waals surface area contributed by atoms with Crippen LogP contribution in [-0.2, 0) is 9.59 Å². The molecule has 0 fully saturated rings. The van der Waals surface area contributed by atoms with Crippen LogP contribution in [0.15, 0.2) is 0 Å². The predicted molar refractivity (Wildman–Crippen MR) is 117 cm³/mol.